The quantitative estimate of drug-likeness (QED) is 0.561. The van der Waals surface area contributed by atoms with E-state index in [2.05, 4.69) is 4.74 Å². The minimum atomic E-state index is -0.917. The van der Waals surface area contributed by atoms with Crippen LogP contribution in [-0.2, 0) is 14.3 Å². The minimum absolute atomic E-state index is 0.0638. The van der Waals surface area contributed by atoms with Crippen LogP contribution < -0.4 is 0 Å². The first-order valence-corrected chi connectivity index (χ1v) is 3.10. The van der Waals surface area contributed by atoms with E-state index in [1.54, 1.807) is 0 Å². The van der Waals surface area contributed by atoms with Crippen LogP contribution in [0.2, 0.25) is 0 Å². The van der Waals surface area contributed by atoms with Gasteiger partial charge in [-0.1, -0.05) is 0 Å². The molecule has 0 spiro atoms. The summed E-state index contributed by atoms with van der Waals surface area (Å²) in [6, 6.07) is 0. The lowest BCUT2D eigenvalue weighted by molar-refractivity contribution is -0.145. The summed E-state index contributed by atoms with van der Waals surface area (Å²) in [6.45, 7) is 0. The van der Waals surface area contributed by atoms with E-state index in [4.69, 9.17) is 5.11 Å². The molecule has 1 aliphatic heterocycles. The van der Waals surface area contributed by atoms with Gasteiger partial charge in [0.2, 0.25) is 0 Å². The van der Waals surface area contributed by atoms with Gasteiger partial charge in [0, 0.05) is 6.42 Å². The molecule has 0 radical (unpaired) electrons. The second-order valence-corrected chi connectivity index (χ2v) is 2.25. The van der Waals surface area contributed by atoms with Gasteiger partial charge in [-0.25, -0.2) is 0 Å². The standard InChI is InChI=1S/C6H8O4/c7-5(8)3-4-1-2-6(9)10-4/h4H,1-3H2,(H,7,8)/t4-/m1/s1. The lowest BCUT2D eigenvalue weighted by Crippen LogP contribution is -2.12. The number of carbonyl (C=O) groups excluding carboxylic acids is 1. The maximum Gasteiger partial charge on any atom is 0.307 e. The van der Waals surface area contributed by atoms with Crippen LogP contribution in [0.25, 0.3) is 0 Å². The van der Waals surface area contributed by atoms with E-state index in [1.165, 1.54) is 0 Å². The Kier molecular flexibility index (Phi) is 1.89. The topological polar surface area (TPSA) is 63.6 Å². The summed E-state index contributed by atoms with van der Waals surface area (Å²) in [4.78, 5) is 20.5. The van der Waals surface area contributed by atoms with Crippen molar-refractivity contribution in [2.45, 2.75) is 25.4 Å². The lowest BCUT2D eigenvalue weighted by atomic mass is 10.2. The van der Waals surface area contributed by atoms with Crippen molar-refractivity contribution in [2.24, 2.45) is 0 Å². The number of ether oxygens (including phenoxy) is 1. The maximum absolute atomic E-state index is 10.4. The Morgan fingerprint density at radius 1 is 1.80 bits per heavy atom. The Labute approximate surface area is 57.8 Å². The summed E-state index contributed by atoms with van der Waals surface area (Å²) >= 11 is 0. The Balaban J connectivity index is 2.31. The molecule has 0 amide bonds. The zero-order valence-corrected chi connectivity index (χ0v) is 5.37. The number of cyclic esters (lactones) is 1. The Morgan fingerprint density at radius 2 is 2.50 bits per heavy atom. The molecule has 1 atom stereocenters. The molecule has 4 heteroatoms. The van der Waals surface area contributed by atoms with Gasteiger partial charge in [0.1, 0.15) is 6.10 Å². The van der Waals surface area contributed by atoms with Crippen LogP contribution >= 0.6 is 0 Å². The van der Waals surface area contributed by atoms with Crippen LogP contribution in [0.4, 0.5) is 0 Å². The number of hydrogen-bond acceptors (Lipinski definition) is 3. The van der Waals surface area contributed by atoms with Gasteiger partial charge in [0.25, 0.3) is 0 Å². The SMILES string of the molecule is O=C(O)C[C@H]1CCC(=O)O1. The normalized spacial score (nSPS) is 24.4. The van der Waals surface area contributed by atoms with Gasteiger partial charge < -0.3 is 9.84 Å². The molecule has 1 heterocycles. The number of esters is 1. The first-order valence-electron chi connectivity index (χ1n) is 3.10. The molecule has 0 aromatic carbocycles. The second-order valence-electron chi connectivity index (χ2n) is 2.25. The molecule has 1 fully saturated rings. The molecule has 1 rings (SSSR count). The lowest BCUT2D eigenvalue weighted by Gasteiger charge is -2.03. The fraction of sp³-hybridized carbons (Fsp3) is 0.667. The van der Waals surface area contributed by atoms with Gasteiger partial charge >= 0.3 is 11.9 Å². The van der Waals surface area contributed by atoms with Crippen molar-refractivity contribution in [3.05, 3.63) is 0 Å². The molecule has 4 nitrogen and oxygen atoms in total. The molecule has 0 aliphatic carbocycles. The van der Waals surface area contributed by atoms with Gasteiger partial charge in [0.05, 0.1) is 6.42 Å². The largest absolute Gasteiger partial charge is 0.481 e. The molecule has 1 saturated heterocycles. The number of hydrogen-bond donors (Lipinski definition) is 1. The first kappa shape index (κ1) is 7.05. The van der Waals surface area contributed by atoms with E-state index < -0.39 is 5.97 Å². The maximum atomic E-state index is 10.4. The molecule has 56 valence electrons. The third-order valence-electron chi connectivity index (χ3n) is 1.37. The van der Waals surface area contributed by atoms with Crippen LogP contribution in [0.3, 0.4) is 0 Å². The van der Waals surface area contributed by atoms with E-state index in [0.29, 0.717) is 12.8 Å². The first-order chi connectivity index (χ1) is 4.68. The molecular weight excluding hydrogens is 136 g/mol. The van der Waals surface area contributed by atoms with Crippen LogP contribution in [0.1, 0.15) is 19.3 Å². The predicted molar refractivity (Wildman–Crippen MR) is 31.4 cm³/mol. The molecule has 1 aliphatic rings. The number of rotatable bonds is 2. The Bertz CT molecular complexity index is 163. The number of carboxylic acid groups (broad SMARTS) is 1. The van der Waals surface area contributed by atoms with Gasteiger partial charge in [-0.2, -0.15) is 0 Å². The van der Waals surface area contributed by atoms with E-state index in [9.17, 15) is 9.59 Å². The van der Waals surface area contributed by atoms with E-state index in [0.717, 1.165) is 0 Å². The van der Waals surface area contributed by atoms with E-state index in [-0.39, 0.29) is 18.5 Å². The summed E-state index contributed by atoms with van der Waals surface area (Å²) in [6.07, 6.45) is 0.458. The van der Waals surface area contributed by atoms with Gasteiger partial charge in [-0.05, 0) is 6.42 Å². The molecule has 0 unspecified atom stereocenters. The zero-order chi connectivity index (χ0) is 7.56. The van der Waals surface area contributed by atoms with Crippen molar-refractivity contribution in [1.29, 1.82) is 0 Å². The monoisotopic (exact) mass is 144 g/mol. The summed E-state index contributed by atoms with van der Waals surface area (Å²) < 4.78 is 4.65. The molecule has 1 N–H and O–H groups in total. The van der Waals surface area contributed by atoms with E-state index in [1.807, 2.05) is 0 Å². The predicted octanol–water partition coefficient (Wildman–Crippen LogP) is 0.167. The van der Waals surface area contributed by atoms with Crippen LogP contribution in [0, 0.1) is 0 Å². The smallest absolute Gasteiger partial charge is 0.307 e. The highest BCUT2D eigenvalue weighted by Crippen LogP contribution is 2.16. The number of carboxylic acids is 1. The molecule has 0 bridgehead atoms. The van der Waals surface area contributed by atoms with Gasteiger partial charge in [-0.3, -0.25) is 9.59 Å². The number of aliphatic carboxylic acids is 1. The molecule has 10 heavy (non-hydrogen) atoms. The van der Waals surface area contributed by atoms with Crippen molar-refractivity contribution < 1.29 is 19.4 Å². The molecular formula is C6H8O4. The molecule has 0 aromatic heterocycles. The van der Waals surface area contributed by atoms with Crippen molar-refractivity contribution in [3.63, 3.8) is 0 Å². The third kappa shape index (κ3) is 1.72. The van der Waals surface area contributed by atoms with Crippen molar-refractivity contribution in [1.82, 2.24) is 0 Å². The van der Waals surface area contributed by atoms with Crippen molar-refractivity contribution in [3.8, 4) is 0 Å². The average Bonchev–Trinajstić information content (AvgIpc) is 2.13. The summed E-state index contributed by atoms with van der Waals surface area (Å²) in [5.41, 5.74) is 0. The molecule has 0 aromatic rings. The van der Waals surface area contributed by atoms with Crippen LogP contribution in [0.15, 0.2) is 0 Å². The fourth-order valence-corrected chi connectivity index (χ4v) is 0.921. The van der Waals surface area contributed by atoms with Gasteiger partial charge in [0.15, 0.2) is 0 Å². The summed E-state index contributed by atoms with van der Waals surface area (Å²) in [7, 11) is 0. The average molecular weight is 144 g/mol. The highest BCUT2D eigenvalue weighted by Gasteiger charge is 2.24. The van der Waals surface area contributed by atoms with Crippen LogP contribution in [0.5, 0.6) is 0 Å². The highest BCUT2D eigenvalue weighted by molar-refractivity contribution is 5.73. The fourth-order valence-electron chi connectivity index (χ4n) is 0.921. The minimum Gasteiger partial charge on any atom is -0.481 e. The summed E-state index contributed by atoms with van der Waals surface area (Å²) in [5, 5.41) is 8.27. The molecule has 0 saturated carbocycles. The zero-order valence-electron chi connectivity index (χ0n) is 5.37. The second kappa shape index (κ2) is 2.68. The Hall–Kier alpha value is -1.06. The highest BCUT2D eigenvalue weighted by atomic mass is 16.5. The van der Waals surface area contributed by atoms with Gasteiger partial charge in [-0.15, -0.1) is 0 Å². The van der Waals surface area contributed by atoms with Crippen molar-refractivity contribution >= 4 is 11.9 Å². The number of carbonyl (C=O) groups is 2. The van der Waals surface area contributed by atoms with Crippen LogP contribution in [-0.4, -0.2) is 23.1 Å². The summed E-state index contributed by atoms with van der Waals surface area (Å²) in [5.74, 6) is -1.20. The third-order valence-corrected chi connectivity index (χ3v) is 1.37. The van der Waals surface area contributed by atoms with E-state index >= 15 is 0 Å². The Morgan fingerprint density at radius 3 is 2.90 bits per heavy atom. The van der Waals surface area contributed by atoms with Crippen molar-refractivity contribution in [2.75, 3.05) is 0 Å².